The summed E-state index contributed by atoms with van der Waals surface area (Å²) < 4.78 is 0. The third-order valence-corrected chi connectivity index (χ3v) is 3.92. The molecule has 136 valence electrons. The van der Waals surface area contributed by atoms with Crippen LogP contribution in [0.2, 0.25) is 0 Å². The number of carbonyl (C=O) groups is 3. The topological polar surface area (TPSA) is 108 Å². The fraction of sp³-hybridized carbons (Fsp3) is 0.263. The van der Waals surface area contributed by atoms with Crippen LogP contribution >= 0.6 is 0 Å². The summed E-state index contributed by atoms with van der Waals surface area (Å²) in [5, 5.41) is 14.6. The van der Waals surface area contributed by atoms with E-state index in [0.717, 1.165) is 0 Å². The number of aromatic nitrogens is 1. The van der Waals surface area contributed by atoms with Crippen LogP contribution in [0.3, 0.4) is 0 Å². The average molecular weight is 355 g/mol. The number of hydrogen-bond donors (Lipinski definition) is 3. The van der Waals surface area contributed by atoms with Crippen LogP contribution in [0.5, 0.6) is 0 Å². The highest BCUT2D eigenvalue weighted by Gasteiger charge is 2.34. The first kappa shape index (κ1) is 19.1. The van der Waals surface area contributed by atoms with Crippen molar-refractivity contribution in [1.29, 1.82) is 0 Å². The number of hydrogen-bond acceptors (Lipinski definition) is 4. The fourth-order valence-corrected chi connectivity index (χ4v) is 2.48. The van der Waals surface area contributed by atoms with Crippen molar-refractivity contribution in [2.75, 3.05) is 5.32 Å². The van der Waals surface area contributed by atoms with Crippen molar-refractivity contribution in [1.82, 2.24) is 10.3 Å². The van der Waals surface area contributed by atoms with Gasteiger partial charge in [0, 0.05) is 23.6 Å². The van der Waals surface area contributed by atoms with Gasteiger partial charge in [-0.3, -0.25) is 14.6 Å². The van der Waals surface area contributed by atoms with Crippen LogP contribution in [-0.2, 0) is 4.79 Å². The van der Waals surface area contributed by atoms with E-state index < -0.39 is 17.4 Å². The first-order chi connectivity index (χ1) is 12.4. The molecule has 0 aliphatic carbocycles. The van der Waals surface area contributed by atoms with Gasteiger partial charge in [-0.2, -0.15) is 0 Å². The van der Waals surface area contributed by atoms with Gasteiger partial charge in [-0.1, -0.05) is 19.4 Å². The van der Waals surface area contributed by atoms with Crippen LogP contribution in [0.4, 0.5) is 5.69 Å². The molecular weight excluding hydrogens is 334 g/mol. The number of carboxylic acids is 1. The molecule has 0 spiro atoms. The lowest BCUT2D eigenvalue weighted by molar-refractivity contribution is -0.144. The molecule has 7 nitrogen and oxygen atoms in total. The highest BCUT2D eigenvalue weighted by Crippen LogP contribution is 2.16. The molecule has 2 rings (SSSR count). The monoisotopic (exact) mass is 355 g/mol. The number of rotatable bonds is 7. The second-order valence-corrected chi connectivity index (χ2v) is 6.12. The van der Waals surface area contributed by atoms with Gasteiger partial charge in [-0.05, 0) is 43.7 Å². The molecule has 0 bridgehead atoms. The van der Waals surface area contributed by atoms with Gasteiger partial charge < -0.3 is 15.7 Å². The predicted octanol–water partition coefficient (Wildman–Crippen LogP) is 2.71. The van der Waals surface area contributed by atoms with E-state index in [1.807, 2.05) is 6.92 Å². The molecule has 3 N–H and O–H groups in total. The van der Waals surface area contributed by atoms with Gasteiger partial charge in [-0.25, -0.2) is 4.79 Å². The van der Waals surface area contributed by atoms with Gasteiger partial charge in [0.15, 0.2) is 0 Å². The Balaban J connectivity index is 2.14. The van der Waals surface area contributed by atoms with Gasteiger partial charge in [0.25, 0.3) is 11.8 Å². The Hall–Kier alpha value is -3.22. The van der Waals surface area contributed by atoms with Gasteiger partial charge >= 0.3 is 5.97 Å². The zero-order valence-corrected chi connectivity index (χ0v) is 14.7. The van der Waals surface area contributed by atoms with Crippen molar-refractivity contribution < 1.29 is 19.5 Å². The number of carbonyl (C=O) groups excluding carboxylic acids is 2. The molecule has 2 aromatic rings. The van der Waals surface area contributed by atoms with Gasteiger partial charge in [0.2, 0.25) is 0 Å². The van der Waals surface area contributed by atoms with Crippen LogP contribution in [0.15, 0.2) is 48.8 Å². The molecule has 26 heavy (non-hydrogen) atoms. The molecule has 0 radical (unpaired) electrons. The van der Waals surface area contributed by atoms with Crippen molar-refractivity contribution in [2.24, 2.45) is 0 Å². The Morgan fingerprint density at radius 1 is 1.12 bits per heavy atom. The summed E-state index contributed by atoms with van der Waals surface area (Å²) in [5.41, 5.74) is -0.263. The van der Waals surface area contributed by atoms with Gasteiger partial charge in [-0.15, -0.1) is 0 Å². The smallest absolute Gasteiger partial charge is 0.329 e. The average Bonchev–Trinajstić information content (AvgIpc) is 2.62. The molecule has 0 aliphatic heterocycles. The third kappa shape index (κ3) is 4.66. The quantitative estimate of drug-likeness (QED) is 0.708. The van der Waals surface area contributed by atoms with Crippen LogP contribution in [0.1, 0.15) is 47.4 Å². The molecule has 1 unspecified atom stereocenters. The van der Waals surface area contributed by atoms with Crippen molar-refractivity contribution in [3.8, 4) is 0 Å². The van der Waals surface area contributed by atoms with Gasteiger partial charge in [0.05, 0.1) is 5.56 Å². The molecule has 1 aromatic heterocycles. The van der Waals surface area contributed by atoms with Crippen LogP contribution in [0.25, 0.3) is 0 Å². The maximum absolute atomic E-state index is 12.5. The number of anilines is 1. The zero-order valence-electron chi connectivity index (χ0n) is 14.7. The molecule has 1 atom stereocenters. The molecule has 0 saturated carbocycles. The van der Waals surface area contributed by atoms with Crippen molar-refractivity contribution in [2.45, 2.75) is 32.2 Å². The largest absolute Gasteiger partial charge is 0.480 e. The lowest BCUT2D eigenvalue weighted by Crippen LogP contribution is -2.52. The molecular formula is C19H21N3O4. The number of aliphatic carboxylic acids is 1. The van der Waals surface area contributed by atoms with E-state index in [2.05, 4.69) is 15.6 Å². The van der Waals surface area contributed by atoms with E-state index in [1.54, 1.807) is 36.5 Å². The van der Waals surface area contributed by atoms with E-state index >= 15 is 0 Å². The lowest BCUT2D eigenvalue weighted by Gasteiger charge is -2.25. The lowest BCUT2D eigenvalue weighted by atomic mass is 9.95. The van der Waals surface area contributed by atoms with Crippen molar-refractivity contribution in [3.63, 3.8) is 0 Å². The summed E-state index contributed by atoms with van der Waals surface area (Å²) in [6.07, 6.45) is 3.93. The maximum Gasteiger partial charge on any atom is 0.329 e. The number of nitrogens with one attached hydrogen (secondary N) is 2. The molecule has 0 fully saturated rings. The molecule has 2 amide bonds. The Kier molecular flexibility index (Phi) is 6.06. The maximum atomic E-state index is 12.5. The SMILES string of the molecule is CCCC(C)(NC(=O)c1cccc(NC(=O)c2cccnc2)c1)C(=O)O. The summed E-state index contributed by atoms with van der Waals surface area (Å²) in [5.74, 6) is -1.95. The highest BCUT2D eigenvalue weighted by molar-refractivity contribution is 6.05. The number of nitrogens with zero attached hydrogens (tertiary/aromatic N) is 1. The zero-order chi connectivity index (χ0) is 19.2. The Bertz CT molecular complexity index is 807. The van der Waals surface area contributed by atoms with E-state index in [1.165, 1.54) is 19.2 Å². The first-order valence-corrected chi connectivity index (χ1v) is 8.23. The molecule has 0 aliphatic rings. The third-order valence-electron chi connectivity index (χ3n) is 3.92. The van der Waals surface area contributed by atoms with Gasteiger partial charge in [0.1, 0.15) is 5.54 Å². The minimum Gasteiger partial charge on any atom is -0.480 e. The Morgan fingerprint density at radius 3 is 2.46 bits per heavy atom. The van der Waals surface area contributed by atoms with E-state index in [4.69, 9.17) is 0 Å². The summed E-state index contributed by atoms with van der Waals surface area (Å²) in [6.45, 7) is 3.33. The van der Waals surface area contributed by atoms with E-state index in [-0.39, 0.29) is 11.5 Å². The molecule has 7 heteroatoms. The second-order valence-electron chi connectivity index (χ2n) is 6.12. The summed E-state index contributed by atoms with van der Waals surface area (Å²) in [6, 6.07) is 9.60. The number of pyridine rings is 1. The minimum absolute atomic E-state index is 0.262. The first-order valence-electron chi connectivity index (χ1n) is 8.23. The second kappa shape index (κ2) is 8.24. The highest BCUT2D eigenvalue weighted by atomic mass is 16.4. The predicted molar refractivity (Wildman–Crippen MR) is 97.0 cm³/mol. The summed E-state index contributed by atoms with van der Waals surface area (Å²) in [4.78, 5) is 40.0. The molecule has 0 saturated heterocycles. The number of amides is 2. The summed E-state index contributed by atoms with van der Waals surface area (Å²) in [7, 11) is 0. The van der Waals surface area contributed by atoms with Crippen LogP contribution < -0.4 is 10.6 Å². The van der Waals surface area contributed by atoms with Crippen molar-refractivity contribution >= 4 is 23.5 Å². The molecule has 1 aromatic carbocycles. The number of benzene rings is 1. The minimum atomic E-state index is -1.35. The van der Waals surface area contributed by atoms with E-state index in [0.29, 0.717) is 24.1 Å². The van der Waals surface area contributed by atoms with Crippen LogP contribution in [-0.4, -0.2) is 33.4 Å². The standard InChI is InChI=1S/C19H21N3O4/c1-3-9-19(2,18(25)26)22-17(24)13-6-4-8-15(11-13)21-16(23)14-7-5-10-20-12-14/h4-8,10-12H,3,9H2,1-2H3,(H,21,23)(H,22,24)(H,25,26). The number of carboxylic acid groups (broad SMARTS) is 1. The van der Waals surface area contributed by atoms with E-state index in [9.17, 15) is 19.5 Å². The van der Waals surface area contributed by atoms with Crippen LogP contribution in [0, 0.1) is 0 Å². The fourth-order valence-electron chi connectivity index (χ4n) is 2.48. The normalized spacial score (nSPS) is 12.7. The molecule has 1 heterocycles. The van der Waals surface area contributed by atoms with Crippen molar-refractivity contribution in [3.05, 3.63) is 59.9 Å². The summed E-state index contributed by atoms with van der Waals surface area (Å²) >= 11 is 0. The Morgan fingerprint density at radius 2 is 1.85 bits per heavy atom. The Labute approximate surface area is 151 Å².